The SMILES string of the molecule is CN1C(=O)N(c2ccc(C#N)c(CF)c2)C(=O)C12CCC2. The number of imide groups is 1. The number of hydrogen-bond acceptors (Lipinski definition) is 3. The third-order valence-electron chi connectivity index (χ3n) is 4.51. The van der Waals surface area contributed by atoms with E-state index in [2.05, 4.69) is 0 Å². The van der Waals surface area contributed by atoms with Crippen LogP contribution in [0.5, 0.6) is 0 Å². The van der Waals surface area contributed by atoms with Crippen LogP contribution in [0.25, 0.3) is 0 Å². The zero-order valence-electron chi connectivity index (χ0n) is 11.6. The van der Waals surface area contributed by atoms with Gasteiger partial charge in [0.2, 0.25) is 0 Å². The molecule has 1 heterocycles. The number of carbonyl (C=O) groups excluding carboxylic acids is 2. The number of rotatable bonds is 2. The lowest BCUT2D eigenvalue weighted by Crippen LogP contribution is -2.53. The molecule has 2 fully saturated rings. The maximum atomic E-state index is 13.0. The van der Waals surface area contributed by atoms with E-state index >= 15 is 0 Å². The van der Waals surface area contributed by atoms with Gasteiger partial charge < -0.3 is 4.90 Å². The number of halogens is 1. The van der Waals surface area contributed by atoms with E-state index in [0.29, 0.717) is 18.5 Å². The number of nitrogens with zero attached hydrogens (tertiary/aromatic N) is 3. The second kappa shape index (κ2) is 4.55. The van der Waals surface area contributed by atoms with Crippen molar-refractivity contribution in [2.75, 3.05) is 11.9 Å². The first-order chi connectivity index (χ1) is 10.0. The van der Waals surface area contributed by atoms with Crippen molar-refractivity contribution in [3.8, 4) is 6.07 Å². The normalized spacial score (nSPS) is 19.9. The Morgan fingerprint density at radius 3 is 2.57 bits per heavy atom. The highest BCUT2D eigenvalue weighted by atomic mass is 19.1. The van der Waals surface area contributed by atoms with E-state index in [1.165, 1.54) is 23.1 Å². The standard InChI is InChI=1S/C15H14FN3O2/c1-18-14(21)19(13(20)15(18)5-2-6-15)12-4-3-10(9-17)11(7-12)8-16/h3-4,7H,2,5-6,8H2,1H3. The molecule has 3 amide bonds. The summed E-state index contributed by atoms with van der Waals surface area (Å²) in [6, 6.07) is 5.86. The Bertz CT molecular complexity index is 676. The molecule has 1 saturated carbocycles. The van der Waals surface area contributed by atoms with Gasteiger partial charge in [0, 0.05) is 12.6 Å². The summed E-state index contributed by atoms with van der Waals surface area (Å²) in [4.78, 5) is 27.5. The molecule has 2 aliphatic rings. The molecule has 5 nitrogen and oxygen atoms in total. The second-order valence-corrected chi connectivity index (χ2v) is 5.45. The number of benzene rings is 1. The van der Waals surface area contributed by atoms with Crippen LogP contribution >= 0.6 is 0 Å². The fourth-order valence-electron chi connectivity index (χ4n) is 3.00. The van der Waals surface area contributed by atoms with Crippen molar-refractivity contribution in [2.24, 2.45) is 0 Å². The molecule has 0 atom stereocenters. The molecule has 21 heavy (non-hydrogen) atoms. The first kappa shape index (κ1) is 13.6. The van der Waals surface area contributed by atoms with Gasteiger partial charge in [0.05, 0.1) is 17.3 Å². The van der Waals surface area contributed by atoms with Gasteiger partial charge in [-0.1, -0.05) is 0 Å². The maximum absolute atomic E-state index is 13.0. The van der Waals surface area contributed by atoms with Gasteiger partial charge in [0.25, 0.3) is 5.91 Å². The Balaban J connectivity index is 2.03. The molecule has 0 aromatic heterocycles. The minimum atomic E-state index is -0.812. The average Bonchev–Trinajstić information content (AvgIpc) is 2.65. The van der Waals surface area contributed by atoms with E-state index in [-0.39, 0.29) is 17.0 Å². The number of anilines is 1. The molecular weight excluding hydrogens is 273 g/mol. The van der Waals surface area contributed by atoms with E-state index in [1.807, 2.05) is 6.07 Å². The molecule has 1 aliphatic carbocycles. The van der Waals surface area contributed by atoms with E-state index in [0.717, 1.165) is 11.3 Å². The van der Waals surface area contributed by atoms with Crippen LogP contribution in [-0.2, 0) is 11.5 Å². The Morgan fingerprint density at radius 2 is 2.10 bits per heavy atom. The topological polar surface area (TPSA) is 64.4 Å². The number of amides is 3. The van der Waals surface area contributed by atoms with Crippen molar-refractivity contribution in [3.05, 3.63) is 29.3 Å². The monoisotopic (exact) mass is 287 g/mol. The Labute approximate surface area is 121 Å². The number of nitriles is 1. The van der Waals surface area contributed by atoms with Crippen LogP contribution in [0.1, 0.15) is 30.4 Å². The largest absolute Gasteiger partial charge is 0.332 e. The van der Waals surface area contributed by atoms with Crippen molar-refractivity contribution in [2.45, 2.75) is 31.5 Å². The molecule has 3 rings (SSSR count). The van der Waals surface area contributed by atoms with E-state index in [1.54, 1.807) is 7.05 Å². The smallest absolute Gasteiger partial charge is 0.312 e. The lowest BCUT2D eigenvalue weighted by atomic mass is 9.76. The second-order valence-electron chi connectivity index (χ2n) is 5.45. The first-order valence-electron chi connectivity index (χ1n) is 6.76. The molecule has 1 aromatic rings. The van der Waals surface area contributed by atoms with Crippen LogP contribution in [0, 0.1) is 11.3 Å². The summed E-state index contributed by atoms with van der Waals surface area (Å²) < 4.78 is 13.0. The van der Waals surface area contributed by atoms with Crippen LogP contribution in [-0.4, -0.2) is 29.4 Å². The summed E-state index contributed by atoms with van der Waals surface area (Å²) >= 11 is 0. The molecule has 0 radical (unpaired) electrons. The van der Waals surface area contributed by atoms with E-state index in [9.17, 15) is 14.0 Å². The molecular formula is C15H14FN3O2. The van der Waals surface area contributed by atoms with Crippen molar-refractivity contribution in [3.63, 3.8) is 0 Å². The Morgan fingerprint density at radius 1 is 1.38 bits per heavy atom. The summed E-state index contributed by atoms with van der Waals surface area (Å²) in [5, 5.41) is 8.91. The fraction of sp³-hybridized carbons (Fsp3) is 0.400. The van der Waals surface area contributed by atoms with Crippen molar-refractivity contribution in [1.29, 1.82) is 5.26 Å². The molecule has 108 valence electrons. The predicted molar refractivity (Wildman–Crippen MR) is 73.2 cm³/mol. The average molecular weight is 287 g/mol. The number of alkyl halides is 1. The summed E-state index contributed by atoms with van der Waals surface area (Å²) in [5.74, 6) is -0.254. The van der Waals surface area contributed by atoms with Gasteiger partial charge in [0.1, 0.15) is 12.2 Å². The molecule has 1 saturated heterocycles. The lowest BCUT2D eigenvalue weighted by Gasteiger charge is -2.40. The number of likely N-dealkylation sites (N-methyl/N-ethyl adjacent to an activating group) is 1. The first-order valence-corrected chi connectivity index (χ1v) is 6.76. The minimum Gasteiger partial charge on any atom is -0.312 e. The molecule has 1 spiro atoms. The predicted octanol–water partition coefficient (Wildman–Crippen LogP) is 2.35. The minimum absolute atomic E-state index is 0.188. The Kier molecular flexibility index (Phi) is 2.94. The van der Waals surface area contributed by atoms with Crippen molar-refractivity contribution in [1.82, 2.24) is 4.90 Å². The zero-order valence-corrected chi connectivity index (χ0v) is 11.6. The molecule has 0 bridgehead atoms. The van der Waals surface area contributed by atoms with Gasteiger partial charge in [-0.05, 0) is 37.5 Å². The van der Waals surface area contributed by atoms with Gasteiger partial charge in [0.15, 0.2) is 0 Å². The van der Waals surface area contributed by atoms with Crippen molar-refractivity contribution >= 4 is 17.6 Å². The quantitative estimate of drug-likeness (QED) is 0.784. The van der Waals surface area contributed by atoms with Gasteiger partial charge in [-0.2, -0.15) is 5.26 Å². The number of carbonyl (C=O) groups is 2. The van der Waals surface area contributed by atoms with Crippen LogP contribution in [0.2, 0.25) is 0 Å². The third-order valence-corrected chi connectivity index (χ3v) is 4.51. The molecule has 1 aliphatic heterocycles. The molecule has 0 unspecified atom stereocenters. The van der Waals surface area contributed by atoms with Crippen LogP contribution in [0.4, 0.5) is 14.9 Å². The summed E-state index contributed by atoms with van der Waals surface area (Å²) in [6.45, 7) is -0.812. The third kappa shape index (κ3) is 1.67. The van der Waals surface area contributed by atoms with Gasteiger partial charge in [-0.15, -0.1) is 0 Å². The van der Waals surface area contributed by atoms with E-state index < -0.39 is 18.2 Å². The fourth-order valence-corrected chi connectivity index (χ4v) is 3.00. The van der Waals surface area contributed by atoms with Gasteiger partial charge in [-0.25, -0.2) is 14.1 Å². The number of urea groups is 1. The summed E-state index contributed by atoms with van der Waals surface area (Å²) in [7, 11) is 1.62. The van der Waals surface area contributed by atoms with Crippen LogP contribution in [0.15, 0.2) is 18.2 Å². The Hall–Kier alpha value is -2.42. The van der Waals surface area contributed by atoms with Crippen molar-refractivity contribution < 1.29 is 14.0 Å². The van der Waals surface area contributed by atoms with Gasteiger partial charge >= 0.3 is 6.03 Å². The maximum Gasteiger partial charge on any atom is 0.332 e. The summed E-state index contributed by atoms with van der Waals surface area (Å²) in [6.07, 6.45) is 2.24. The molecule has 6 heteroatoms. The zero-order chi connectivity index (χ0) is 15.2. The highest BCUT2D eigenvalue weighted by Gasteiger charge is 2.59. The van der Waals surface area contributed by atoms with Crippen LogP contribution < -0.4 is 4.90 Å². The molecule has 0 N–H and O–H groups in total. The van der Waals surface area contributed by atoms with Crippen LogP contribution in [0.3, 0.4) is 0 Å². The highest BCUT2D eigenvalue weighted by molar-refractivity contribution is 6.23. The molecule has 1 aromatic carbocycles. The highest BCUT2D eigenvalue weighted by Crippen LogP contribution is 2.44. The summed E-state index contributed by atoms with van der Waals surface area (Å²) in [5.41, 5.74) is 0.00747. The van der Waals surface area contributed by atoms with E-state index in [4.69, 9.17) is 5.26 Å². The van der Waals surface area contributed by atoms with Gasteiger partial charge in [-0.3, -0.25) is 4.79 Å². The number of hydrogen-bond donors (Lipinski definition) is 0. The lowest BCUT2D eigenvalue weighted by molar-refractivity contribution is -0.128.